The molecule has 29 heavy (non-hydrogen) atoms. The van der Waals surface area contributed by atoms with E-state index in [1.165, 1.54) is 10.4 Å². The summed E-state index contributed by atoms with van der Waals surface area (Å²) < 4.78 is 32.5. The SMILES string of the molecule is COC[C@H](Cc1ccccc1)N(C)C(=O)c1cccc(S(=O)(=O)N2CCCC2)c1. The molecule has 156 valence electrons. The predicted octanol–water partition coefficient (Wildman–Crippen LogP) is 2.80. The Morgan fingerprint density at radius 3 is 2.45 bits per heavy atom. The second-order valence-corrected chi connectivity index (χ2v) is 9.29. The van der Waals surface area contributed by atoms with Gasteiger partial charge in [0.05, 0.1) is 17.5 Å². The molecule has 2 aromatic rings. The molecule has 0 N–H and O–H groups in total. The summed E-state index contributed by atoms with van der Waals surface area (Å²) in [7, 11) is -0.218. The maximum absolute atomic E-state index is 13.1. The van der Waals surface area contributed by atoms with E-state index in [4.69, 9.17) is 4.74 Å². The Labute approximate surface area is 173 Å². The molecule has 1 heterocycles. The van der Waals surface area contributed by atoms with Gasteiger partial charge in [-0.2, -0.15) is 4.31 Å². The first kappa shape index (κ1) is 21.5. The molecule has 1 amide bonds. The van der Waals surface area contributed by atoms with Gasteiger partial charge in [0.2, 0.25) is 10.0 Å². The third-order valence-corrected chi connectivity index (χ3v) is 7.22. The van der Waals surface area contributed by atoms with Gasteiger partial charge in [0.15, 0.2) is 0 Å². The summed E-state index contributed by atoms with van der Waals surface area (Å²) in [5, 5.41) is 0. The van der Waals surface area contributed by atoms with Crippen LogP contribution in [0, 0.1) is 0 Å². The highest BCUT2D eigenvalue weighted by Gasteiger charge is 2.28. The van der Waals surface area contributed by atoms with Gasteiger partial charge < -0.3 is 9.64 Å². The highest BCUT2D eigenvalue weighted by Crippen LogP contribution is 2.22. The van der Waals surface area contributed by atoms with Crippen LogP contribution < -0.4 is 0 Å². The number of sulfonamides is 1. The Balaban J connectivity index is 1.81. The van der Waals surface area contributed by atoms with Crippen molar-refractivity contribution in [3.63, 3.8) is 0 Å². The van der Waals surface area contributed by atoms with E-state index in [1.807, 2.05) is 30.3 Å². The number of hydrogen-bond donors (Lipinski definition) is 0. The van der Waals surface area contributed by atoms with E-state index in [9.17, 15) is 13.2 Å². The summed E-state index contributed by atoms with van der Waals surface area (Å²) in [6.45, 7) is 1.46. The first-order chi connectivity index (χ1) is 13.9. The molecule has 1 saturated heterocycles. The van der Waals surface area contributed by atoms with Crippen LogP contribution in [0.4, 0.5) is 0 Å². The van der Waals surface area contributed by atoms with Crippen LogP contribution in [0.1, 0.15) is 28.8 Å². The number of benzene rings is 2. The molecule has 0 unspecified atom stereocenters. The topological polar surface area (TPSA) is 66.9 Å². The smallest absolute Gasteiger partial charge is 0.253 e. The van der Waals surface area contributed by atoms with Crippen molar-refractivity contribution in [2.75, 3.05) is 33.9 Å². The number of likely N-dealkylation sites (N-methyl/N-ethyl adjacent to an activating group) is 1. The van der Waals surface area contributed by atoms with E-state index in [0.717, 1.165) is 18.4 Å². The van der Waals surface area contributed by atoms with Gasteiger partial charge in [0, 0.05) is 32.8 Å². The zero-order valence-electron chi connectivity index (χ0n) is 17.0. The monoisotopic (exact) mass is 416 g/mol. The fraction of sp³-hybridized carbons (Fsp3) is 0.409. The molecule has 3 rings (SSSR count). The van der Waals surface area contributed by atoms with Crippen molar-refractivity contribution >= 4 is 15.9 Å². The van der Waals surface area contributed by atoms with Crippen molar-refractivity contribution in [2.24, 2.45) is 0 Å². The largest absolute Gasteiger partial charge is 0.383 e. The van der Waals surface area contributed by atoms with Crippen molar-refractivity contribution in [3.8, 4) is 0 Å². The van der Waals surface area contributed by atoms with Crippen molar-refractivity contribution in [1.29, 1.82) is 0 Å². The highest BCUT2D eigenvalue weighted by molar-refractivity contribution is 7.89. The van der Waals surface area contributed by atoms with E-state index in [1.54, 1.807) is 37.3 Å². The molecule has 1 fully saturated rings. The third kappa shape index (κ3) is 5.04. The summed E-state index contributed by atoms with van der Waals surface area (Å²) in [6, 6.07) is 16.1. The zero-order chi connectivity index (χ0) is 20.9. The Bertz CT molecular complexity index is 925. The summed E-state index contributed by atoms with van der Waals surface area (Å²) >= 11 is 0. The van der Waals surface area contributed by atoms with Crippen LogP contribution in [-0.2, 0) is 21.2 Å². The van der Waals surface area contributed by atoms with Crippen LogP contribution in [0.15, 0.2) is 59.5 Å². The minimum absolute atomic E-state index is 0.159. The first-order valence-electron chi connectivity index (χ1n) is 9.83. The number of carbonyl (C=O) groups excluding carboxylic acids is 1. The number of hydrogen-bond acceptors (Lipinski definition) is 4. The Morgan fingerprint density at radius 1 is 1.10 bits per heavy atom. The molecule has 0 bridgehead atoms. The number of nitrogens with zero attached hydrogens (tertiary/aromatic N) is 2. The molecule has 1 atom stereocenters. The third-order valence-electron chi connectivity index (χ3n) is 5.33. The summed E-state index contributed by atoms with van der Waals surface area (Å²) in [6.07, 6.45) is 2.40. The lowest BCUT2D eigenvalue weighted by atomic mass is 10.0. The van der Waals surface area contributed by atoms with Crippen LogP contribution in [0.25, 0.3) is 0 Å². The van der Waals surface area contributed by atoms with Crippen LogP contribution in [0.3, 0.4) is 0 Å². The molecule has 0 spiro atoms. The molecule has 6 nitrogen and oxygen atoms in total. The average molecular weight is 417 g/mol. The van der Waals surface area contributed by atoms with Crippen LogP contribution >= 0.6 is 0 Å². The van der Waals surface area contributed by atoms with Gasteiger partial charge in [-0.25, -0.2) is 8.42 Å². The quantitative estimate of drug-likeness (QED) is 0.664. The number of methoxy groups -OCH3 is 1. The maximum atomic E-state index is 13.1. The normalized spacial score (nSPS) is 15.9. The Kier molecular flexibility index (Phi) is 7.05. The van der Waals surface area contributed by atoms with Crippen molar-refractivity contribution in [2.45, 2.75) is 30.2 Å². The highest BCUT2D eigenvalue weighted by atomic mass is 32.2. The Hall–Kier alpha value is -2.22. The minimum Gasteiger partial charge on any atom is -0.383 e. The molecular weight excluding hydrogens is 388 g/mol. The zero-order valence-corrected chi connectivity index (χ0v) is 17.8. The summed E-state index contributed by atoms with van der Waals surface area (Å²) in [5.74, 6) is -0.221. The molecule has 1 aliphatic rings. The number of carbonyl (C=O) groups is 1. The van der Waals surface area contributed by atoms with Gasteiger partial charge in [-0.3, -0.25) is 4.79 Å². The lowest BCUT2D eigenvalue weighted by Gasteiger charge is -2.28. The van der Waals surface area contributed by atoms with E-state index in [-0.39, 0.29) is 16.8 Å². The van der Waals surface area contributed by atoms with E-state index >= 15 is 0 Å². The van der Waals surface area contributed by atoms with Crippen LogP contribution in [0.5, 0.6) is 0 Å². The lowest BCUT2D eigenvalue weighted by Crippen LogP contribution is -2.41. The minimum atomic E-state index is -3.56. The standard InChI is InChI=1S/C22H28N2O4S/c1-23(20(17-28-2)15-18-9-4-3-5-10-18)22(25)19-11-8-12-21(16-19)29(26,27)24-13-6-7-14-24/h3-5,8-12,16,20H,6-7,13-15,17H2,1-2H3/t20-/m0/s1. The van der Waals surface area contributed by atoms with Gasteiger partial charge in [-0.15, -0.1) is 0 Å². The second-order valence-electron chi connectivity index (χ2n) is 7.35. The molecular formula is C22H28N2O4S. The summed E-state index contributed by atoms with van der Waals surface area (Å²) in [4.78, 5) is 14.9. The lowest BCUT2D eigenvalue weighted by molar-refractivity contribution is 0.0604. The van der Waals surface area contributed by atoms with E-state index < -0.39 is 10.0 Å². The van der Waals surface area contributed by atoms with Crippen LogP contribution in [-0.4, -0.2) is 63.4 Å². The van der Waals surface area contributed by atoms with E-state index in [2.05, 4.69) is 0 Å². The first-order valence-corrected chi connectivity index (χ1v) is 11.3. The molecule has 2 aromatic carbocycles. The predicted molar refractivity (Wildman–Crippen MR) is 112 cm³/mol. The summed E-state index contributed by atoms with van der Waals surface area (Å²) in [5.41, 5.74) is 1.47. The molecule has 7 heteroatoms. The number of rotatable bonds is 8. The van der Waals surface area contributed by atoms with Gasteiger partial charge >= 0.3 is 0 Å². The maximum Gasteiger partial charge on any atom is 0.253 e. The Morgan fingerprint density at radius 2 is 1.79 bits per heavy atom. The molecule has 0 saturated carbocycles. The molecule has 0 radical (unpaired) electrons. The molecule has 0 aliphatic carbocycles. The van der Waals surface area contributed by atoms with Crippen LogP contribution in [0.2, 0.25) is 0 Å². The fourth-order valence-corrected chi connectivity index (χ4v) is 5.19. The van der Waals surface area contributed by atoms with Gasteiger partial charge in [-0.1, -0.05) is 36.4 Å². The van der Waals surface area contributed by atoms with Gasteiger partial charge in [0.25, 0.3) is 5.91 Å². The van der Waals surface area contributed by atoms with Gasteiger partial charge in [0.1, 0.15) is 0 Å². The fourth-order valence-electron chi connectivity index (χ4n) is 3.62. The van der Waals surface area contributed by atoms with E-state index in [0.29, 0.717) is 31.7 Å². The average Bonchev–Trinajstić information content (AvgIpc) is 3.29. The molecule has 1 aliphatic heterocycles. The van der Waals surface area contributed by atoms with Crippen molar-refractivity contribution < 1.29 is 17.9 Å². The van der Waals surface area contributed by atoms with Crippen molar-refractivity contribution in [3.05, 3.63) is 65.7 Å². The number of amides is 1. The van der Waals surface area contributed by atoms with Crippen molar-refractivity contribution in [1.82, 2.24) is 9.21 Å². The number of ether oxygens (including phenoxy) is 1. The molecule has 0 aromatic heterocycles. The second kappa shape index (κ2) is 9.52. The van der Waals surface area contributed by atoms with Gasteiger partial charge in [-0.05, 0) is 43.0 Å².